The molecule has 1 aliphatic heterocycles. The molecule has 1 aliphatic rings. The fourth-order valence-electron chi connectivity index (χ4n) is 2.24. The minimum atomic E-state index is -0.323. The van der Waals surface area contributed by atoms with Gasteiger partial charge in [0.15, 0.2) is 0 Å². The third-order valence-electron chi connectivity index (χ3n) is 3.08. The molecule has 0 spiro atoms. The predicted molar refractivity (Wildman–Crippen MR) is 65.9 cm³/mol. The van der Waals surface area contributed by atoms with E-state index in [2.05, 4.69) is 4.74 Å². The predicted octanol–water partition coefficient (Wildman–Crippen LogP) is 0.745. The Hall–Kier alpha value is -1.30. The smallest absolute Gasteiger partial charge is 0.409 e. The molecule has 0 aliphatic carbocycles. The van der Waals surface area contributed by atoms with E-state index in [1.54, 1.807) is 11.8 Å². The summed E-state index contributed by atoms with van der Waals surface area (Å²) in [5.74, 6) is 0.00841. The van der Waals surface area contributed by atoms with Gasteiger partial charge in [-0.15, -0.1) is 0 Å². The molecule has 0 radical (unpaired) electrons. The average Bonchev–Trinajstić information content (AvgIpc) is 2.35. The number of carbonyl (C=O) groups is 2. The van der Waals surface area contributed by atoms with Gasteiger partial charge in [0.25, 0.3) is 0 Å². The molecule has 0 saturated carbocycles. The Morgan fingerprint density at radius 3 is 2.72 bits per heavy atom. The molecule has 1 heterocycles. The van der Waals surface area contributed by atoms with Crippen LogP contribution >= 0.6 is 0 Å². The van der Waals surface area contributed by atoms with Gasteiger partial charge in [-0.25, -0.2) is 4.79 Å². The topological polar surface area (TPSA) is 81.9 Å². The van der Waals surface area contributed by atoms with Crippen LogP contribution in [0.15, 0.2) is 0 Å². The Morgan fingerprint density at radius 1 is 1.39 bits per heavy atom. The van der Waals surface area contributed by atoms with E-state index in [-0.39, 0.29) is 24.0 Å². The van der Waals surface area contributed by atoms with Crippen LogP contribution in [0.2, 0.25) is 0 Å². The van der Waals surface area contributed by atoms with Crippen LogP contribution < -0.4 is 5.73 Å². The summed E-state index contributed by atoms with van der Waals surface area (Å²) in [6.45, 7) is 3.25. The molecule has 6 nitrogen and oxygen atoms in total. The zero-order chi connectivity index (χ0) is 13.5. The summed E-state index contributed by atoms with van der Waals surface area (Å²) in [4.78, 5) is 24.4. The van der Waals surface area contributed by atoms with Crippen molar-refractivity contribution in [1.82, 2.24) is 4.90 Å². The second-order valence-electron chi connectivity index (χ2n) is 4.58. The van der Waals surface area contributed by atoms with Crippen LogP contribution in [0.3, 0.4) is 0 Å². The Bertz CT molecular complexity index is 296. The first kappa shape index (κ1) is 14.8. The highest BCUT2D eigenvalue weighted by Crippen LogP contribution is 2.21. The summed E-state index contributed by atoms with van der Waals surface area (Å²) in [7, 11) is 1.37. The first-order chi connectivity index (χ1) is 8.56. The standard InChI is InChI=1S/C12H22N2O4/c1-3-18-12(16)14-7-9(6-10(13)8-14)4-5-11(15)17-2/h9-10H,3-8,13H2,1-2H3. The molecule has 104 valence electrons. The lowest BCUT2D eigenvalue weighted by Gasteiger charge is -2.35. The molecule has 2 N–H and O–H groups in total. The lowest BCUT2D eigenvalue weighted by atomic mass is 9.91. The number of piperidine rings is 1. The number of amides is 1. The zero-order valence-corrected chi connectivity index (χ0v) is 11.1. The molecule has 0 bridgehead atoms. The third-order valence-corrected chi connectivity index (χ3v) is 3.08. The number of ether oxygens (including phenoxy) is 2. The molecule has 1 rings (SSSR count). The number of carbonyl (C=O) groups excluding carboxylic acids is 2. The largest absolute Gasteiger partial charge is 0.469 e. The van der Waals surface area contributed by atoms with Crippen LogP contribution in [0.25, 0.3) is 0 Å². The summed E-state index contributed by atoms with van der Waals surface area (Å²) in [5.41, 5.74) is 5.92. The van der Waals surface area contributed by atoms with Crippen molar-refractivity contribution in [3.8, 4) is 0 Å². The van der Waals surface area contributed by atoms with Crippen molar-refractivity contribution in [2.45, 2.75) is 32.2 Å². The lowest BCUT2D eigenvalue weighted by Crippen LogP contribution is -2.49. The van der Waals surface area contributed by atoms with Crippen LogP contribution in [0.5, 0.6) is 0 Å². The van der Waals surface area contributed by atoms with Gasteiger partial charge in [0.2, 0.25) is 0 Å². The number of hydrogen-bond acceptors (Lipinski definition) is 5. The van der Waals surface area contributed by atoms with Gasteiger partial charge >= 0.3 is 12.1 Å². The van der Waals surface area contributed by atoms with Crippen LogP contribution in [-0.4, -0.2) is 49.8 Å². The Balaban J connectivity index is 2.45. The SMILES string of the molecule is CCOC(=O)N1CC(N)CC(CCC(=O)OC)C1. The van der Waals surface area contributed by atoms with E-state index in [0.29, 0.717) is 32.5 Å². The van der Waals surface area contributed by atoms with Gasteiger partial charge in [-0.1, -0.05) is 0 Å². The second-order valence-corrected chi connectivity index (χ2v) is 4.58. The molecule has 1 fully saturated rings. The van der Waals surface area contributed by atoms with Crippen molar-refractivity contribution < 1.29 is 19.1 Å². The molecule has 1 saturated heterocycles. The Kier molecular flexibility index (Phi) is 5.91. The first-order valence-electron chi connectivity index (χ1n) is 6.30. The van der Waals surface area contributed by atoms with Crippen molar-refractivity contribution in [1.29, 1.82) is 0 Å². The average molecular weight is 258 g/mol. The van der Waals surface area contributed by atoms with Gasteiger partial charge in [0, 0.05) is 25.6 Å². The number of nitrogens with two attached hydrogens (primary N) is 1. The molecular weight excluding hydrogens is 236 g/mol. The van der Waals surface area contributed by atoms with Crippen molar-refractivity contribution in [3.05, 3.63) is 0 Å². The Morgan fingerprint density at radius 2 is 2.11 bits per heavy atom. The van der Waals surface area contributed by atoms with Gasteiger partial charge in [-0.2, -0.15) is 0 Å². The number of nitrogens with zero attached hydrogens (tertiary/aromatic N) is 1. The number of likely N-dealkylation sites (tertiary alicyclic amines) is 1. The van der Waals surface area contributed by atoms with Crippen molar-refractivity contribution in [2.75, 3.05) is 26.8 Å². The molecule has 1 amide bonds. The van der Waals surface area contributed by atoms with Gasteiger partial charge in [-0.05, 0) is 25.7 Å². The van der Waals surface area contributed by atoms with E-state index < -0.39 is 0 Å². The summed E-state index contributed by atoms with van der Waals surface area (Å²) >= 11 is 0. The second kappa shape index (κ2) is 7.20. The minimum absolute atomic E-state index is 0.0502. The maximum Gasteiger partial charge on any atom is 0.409 e. The number of hydrogen-bond donors (Lipinski definition) is 1. The zero-order valence-electron chi connectivity index (χ0n) is 11.1. The molecule has 0 aromatic heterocycles. The maximum atomic E-state index is 11.6. The molecule has 0 aromatic carbocycles. The molecular formula is C12H22N2O4. The van der Waals surface area contributed by atoms with E-state index >= 15 is 0 Å². The molecule has 6 heteroatoms. The summed E-state index contributed by atoms with van der Waals surface area (Å²) < 4.78 is 9.57. The van der Waals surface area contributed by atoms with E-state index in [1.165, 1.54) is 7.11 Å². The van der Waals surface area contributed by atoms with E-state index in [4.69, 9.17) is 10.5 Å². The van der Waals surface area contributed by atoms with Crippen molar-refractivity contribution in [3.63, 3.8) is 0 Å². The van der Waals surface area contributed by atoms with Gasteiger partial charge in [0.05, 0.1) is 13.7 Å². The highest BCUT2D eigenvalue weighted by molar-refractivity contribution is 5.69. The van der Waals surface area contributed by atoms with Crippen LogP contribution in [-0.2, 0) is 14.3 Å². The van der Waals surface area contributed by atoms with Gasteiger partial charge in [-0.3, -0.25) is 4.79 Å². The molecule has 0 aromatic rings. The monoisotopic (exact) mass is 258 g/mol. The first-order valence-corrected chi connectivity index (χ1v) is 6.30. The number of esters is 1. The molecule has 18 heavy (non-hydrogen) atoms. The maximum absolute atomic E-state index is 11.6. The Labute approximate surface area is 107 Å². The van der Waals surface area contributed by atoms with E-state index in [1.807, 2.05) is 0 Å². The third kappa shape index (κ3) is 4.52. The highest BCUT2D eigenvalue weighted by atomic mass is 16.6. The molecule has 2 atom stereocenters. The van der Waals surface area contributed by atoms with Crippen LogP contribution in [0.1, 0.15) is 26.2 Å². The number of methoxy groups -OCH3 is 1. The number of rotatable bonds is 4. The van der Waals surface area contributed by atoms with E-state index in [0.717, 1.165) is 6.42 Å². The summed E-state index contributed by atoms with van der Waals surface area (Å²) in [6, 6.07) is -0.0502. The summed E-state index contributed by atoms with van der Waals surface area (Å²) in [6.07, 6.45) is 1.56. The molecule has 2 unspecified atom stereocenters. The normalized spacial score (nSPS) is 23.6. The summed E-state index contributed by atoms with van der Waals surface area (Å²) in [5, 5.41) is 0. The fourth-order valence-corrected chi connectivity index (χ4v) is 2.24. The van der Waals surface area contributed by atoms with E-state index in [9.17, 15) is 9.59 Å². The van der Waals surface area contributed by atoms with Crippen molar-refractivity contribution in [2.24, 2.45) is 11.7 Å². The van der Waals surface area contributed by atoms with Gasteiger partial charge in [0.1, 0.15) is 0 Å². The van der Waals surface area contributed by atoms with Crippen LogP contribution in [0.4, 0.5) is 4.79 Å². The minimum Gasteiger partial charge on any atom is -0.469 e. The van der Waals surface area contributed by atoms with Gasteiger partial charge < -0.3 is 20.1 Å². The quantitative estimate of drug-likeness (QED) is 0.752. The fraction of sp³-hybridized carbons (Fsp3) is 0.833. The van der Waals surface area contributed by atoms with Crippen molar-refractivity contribution >= 4 is 12.1 Å². The van der Waals surface area contributed by atoms with Crippen LogP contribution in [0, 0.1) is 5.92 Å². The highest BCUT2D eigenvalue weighted by Gasteiger charge is 2.29. The lowest BCUT2D eigenvalue weighted by molar-refractivity contribution is -0.141.